The van der Waals surface area contributed by atoms with E-state index in [1.54, 1.807) is 6.33 Å². The number of aryl methyl sites for hydroxylation is 5. The first-order valence-corrected chi connectivity index (χ1v) is 9.44. The quantitative estimate of drug-likeness (QED) is 0.418. The summed E-state index contributed by atoms with van der Waals surface area (Å²) in [4.78, 5) is 15.2. The Labute approximate surface area is 183 Å². The Kier molecular flexibility index (Phi) is 14.7. The lowest BCUT2D eigenvalue weighted by molar-refractivity contribution is 0.737. The highest BCUT2D eigenvalue weighted by molar-refractivity contribution is 5.74. The highest BCUT2D eigenvalue weighted by Gasteiger charge is 1.95. The number of benzene rings is 1. The van der Waals surface area contributed by atoms with E-state index in [4.69, 9.17) is 0 Å². The number of H-pyrrole nitrogens is 1. The second-order valence-electron chi connectivity index (χ2n) is 6.27. The van der Waals surface area contributed by atoms with E-state index in [2.05, 4.69) is 68.9 Å². The van der Waals surface area contributed by atoms with Crippen molar-refractivity contribution in [1.29, 1.82) is 0 Å². The van der Waals surface area contributed by atoms with Crippen LogP contribution >= 0.6 is 0 Å². The third kappa shape index (κ3) is 8.64. The first-order valence-electron chi connectivity index (χ1n) is 9.44. The normalized spacial score (nSPS) is 9.10. The van der Waals surface area contributed by atoms with Gasteiger partial charge in [0.15, 0.2) is 0 Å². The molecule has 0 saturated carbocycles. The van der Waals surface area contributed by atoms with Gasteiger partial charge in [0, 0.05) is 31.2 Å². The summed E-state index contributed by atoms with van der Waals surface area (Å²) in [5, 5.41) is 0. The van der Waals surface area contributed by atoms with Crippen molar-refractivity contribution in [2.24, 2.45) is 0 Å². The minimum absolute atomic E-state index is 0. The van der Waals surface area contributed by atoms with Crippen molar-refractivity contribution in [3.8, 4) is 0 Å². The maximum atomic E-state index is 4.14. The molecule has 30 heavy (non-hydrogen) atoms. The first kappa shape index (κ1) is 29.3. The van der Waals surface area contributed by atoms with E-state index in [0.29, 0.717) is 0 Å². The molecule has 0 amide bonds. The summed E-state index contributed by atoms with van der Waals surface area (Å²) in [7, 11) is 0. The molecule has 1 aromatic carbocycles. The van der Waals surface area contributed by atoms with Crippen LogP contribution in [0.5, 0.6) is 0 Å². The molecule has 0 saturated heterocycles. The third-order valence-corrected chi connectivity index (χ3v) is 4.28. The molecule has 168 valence electrons. The van der Waals surface area contributed by atoms with Crippen LogP contribution in [0.2, 0.25) is 0 Å². The van der Waals surface area contributed by atoms with Crippen molar-refractivity contribution >= 4 is 11.0 Å². The lowest BCUT2D eigenvalue weighted by Crippen LogP contribution is -1.92. The van der Waals surface area contributed by atoms with Crippen molar-refractivity contribution in [3.05, 3.63) is 66.5 Å². The molecule has 0 atom stereocenters. The van der Waals surface area contributed by atoms with Gasteiger partial charge in [-0.3, -0.25) is 0 Å². The molecular weight excluding hydrogens is 372 g/mol. The van der Waals surface area contributed by atoms with Crippen LogP contribution in [-0.4, -0.2) is 29.1 Å². The molecule has 0 radical (unpaired) electrons. The Morgan fingerprint density at radius 1 is 0.933 bits per heavy atom. The molecule has 4 aromatic rings. The molecule has 4 rings (SSSR count). The lowest BCUT2D eigenvalue weighted by atomic mass is 10.1. The van der Waals surface area contributed by atoms with Gasteiger partial charge in [0.05, 0.1) is 35.7 Å². The number of hydrogen-bond donors (Lipinski definition) is 1. The van der Waals surface area contributed by atoms with Gasteiger partial charge in [-0.05, 0) is 51.8 Å². The van der Waals surface area contributed by atoms with Crippen molar-refractivity contribution in [3.63, 3.8) is 0 Å². The van der Waals surface area contributed by atoms with E-state index in [0.717, 1.165) is 36.2 Å². The van der Waals surface area contributed by atoms with Crippen molar-refractivity contribution in [2.75, 3.05) is 0 Å². The molecule has 0 unspecified atom stereocenters. The number of aromatic nitrogens is 6. The number of fused-ring (bicyclic) bond motifs is 1. The molecule has 3 aromatic heterocycles. The van der Waals surface area contributed by atoms with Gasteiger partial charge >= 0.3 is 0 Å². The Bertz CT molecular complexity index is 932. The molecule has 1 N–H and O–H groups in total. The van der Waals surface area contributed by atoms with E-state index >= 15 is 0 Å². The minimum atomic E-state index is 0. The molecule has 0 aliphatic carbocycles. The Morgan fingerprint density at radius 2 is 1.67 bits per heavy atom. The second kappa shape index (κ2) is 15.0. The molecule has 6 nitrogen and oxygen atoms in total. The van der Waals surface area contributed by atoms with Crippen LogP contribution in [0.1, 0.15) is 60.0 Å². The van der Waals surface area contributed by atoms with E-state index in [9.17, 15) is 0 Å². The first-order chi connectivity index (χ1) is 13.1. The maximum absolute atomic E-state index is 4.14. The predicted molar refractivity (Wildman–Crippen MR) is 131 cm³/mol. The fraction of sp³-hybridized carbons (Fsp3) is 0.458. The highest BCUT2D eigenvalue weighted by atomic mass is 15.0. The van der Waals surface area contributed by atoms with Gasteiger partial charge < -0.3 is 14.1 Å². The van der Waals surface area contributed by atoms with Gasteiger partial charge in [-0.1, -0.05) is 35.3 Å². The Balaban J connectivity index is 0. The minimum Gasteiger partial charge on any atom is -0.345 e. The summed E-state index contributed by atoms with van der Waals surface area (Å²) in [5.41, 5.74) is 5.84. The number of imidazole rings is 3. The Morgan fingerprint density at radius 3 is 2.10 bits per heavy atom. The lowest BCUT2D eigenvalue weighted by Gasteiger charge is -1.95. The van der Waals surface area contributed by atoms with Crippen LogP contribution in [0.3, 0.4) is 0 Å². The van der Waals surface area contributed by atoms with Crippen LogP contribution in [0, 0.1) is 13.8 Å². The van der Waals surface area contributed by atoms with Crippen molar-refractivity contribution in [1.82, 2.24) is 29.1 Å². The van der Waals surface area contributed by atoms with Crippen LogP contribution < -0.4 is 0 Å². The average molecular weight is 415 g/mol. The smallest absolute Gasteiger partial charge is 0.0949 e. The van der Waals surface area contributed by atoms with Crippen LogP contribution in [0.15, 0.2) is 49.6 Å². The number of aromatic amines is 1. The molecule has 0 fully saturated rings. The second-order valence-corrected chi connectivity index (χ2v) is 6.27. The van der Waals surface area contributed by atoms with Crippen LogP contribution in [0.4, 0.5) is 0 Å². The van der Waals surface area contributed by atoms with Gasteiger partial charge in [0.2, 0.25) is 0 Å². The molecule has 0 aliphatic heterocycles. The molecule has 0 spiro atoms. The monoisotopic (exact) mass is 414 g/mol. The summed E-state index contributed by atoms with van der Waals surface area (Å²) in [6, 6.07) is 6.30. The number of hydrogen-bond acceptors (Lipinski definition) is 3. The third-order valence-electron chi connectivity index (χ3n) is 4.28. The summed E-state index contributed by atoms with van der Waals surface area (Å²) in [6.07, 6.45) is 10.4. The van der Waals surface area contributed by atoms with Gasteiger partial charge in [-0.25, -0.2) is 15.0 Å². The topological polar surface area (TPSA) is 64.3 Å². The SMILES string of the molecule is C.C.C.CCc1ccc2nc[nH]c2c1.CCn1cnc(C)c1.CCn1cncc1C. The number of nitrogens with one attached hydrogen (secondary N) is 1. The Hall–Kier alpha value is -2.89. The van der Waals surface area contributed by atoms with Crippen molar-refractivity contribution < 1.29 is 0 Å². The van der Waals surface area contributed by atoms with Gasteiger partial charge in [0.1, 0.15) is 0 Å². The molecule has 0 aliphatic rings. The van der Waals surface area contributed by atoms with Crippen molar-refractivity contribution in [2.45, 2.75) is 76.4 Å². The fourth-order valence-corrected chi connectivity index (χ4v) is 2.57. The van der Waals surface area contributed by atoms with Crippen LogP contribution in [-0.2, 0) is 19.5 Å². The average Bonchev–Trinajstić information content (AvgIpc) is 3.42. The number of rotatable bonds is 3. The number of nitrogens with zero attached hydrogens (tertiary/aromatic N) is 5. The summed E-state index contributed by atoms with van der Waals surface area (Å²) in [5.74, 6) is 0. The summed E-state index contributed by atoms with van der Waals surface area (Å²) in [6.45, 7) is 12.4. The summed E-state index contributed by atoms with van der Waals surface area (Å²) < 4.78 is 4.15. The van der Waals surface area contributed by atoms with Gasteiger partial charge in [0.25, 0.3) is 0 Å². The van der Waals surface area contributed by atoms with Crippen LogP contribution in [0.25, 0.3) is 11.0 Å². The van der Waals surface area contributed by atoms with E-state index in [-0.39, 0.29) is 22.3 Å². The van der Waals surface area contributed by atoms with E-state index in [1.807, 2.05) is 38.0 Å². The maximum Gasteiger partial charge on any atom is 0.0949 e. The largest absolute Gasteiger partial charge is 0.345 e. The summed E-state index contributed by atoms with van der Waals surface area (Å²) >= 11 is 0. The van der Waals surface area contributed by atoms with Gasteiger partial charge in [-0.15, -0.1) is 0 Å². The van der Waals surface area contributed by atoms with E-state index < -0.39 is 0 Å². The standard InChI is InChI=1S/C9H10N2.2C6H10N2.3CH4/c1-2-7-3-4-8-9(5-7)11-6-10-8;1-3-8-4-6(2)7-5-8;1-3-8-5-7-4-6(8)2;;;/h3-6H,2H2,1H3,(H,10,11);2*4-5H,3H2,1-2H3;3*1H4. The van der Waals surface area contributed by atoms with E-state index in [1.165, 1.54) is 11.3 Å². The highest BCUT2D eigenvalue weighted by Crippen LogP contribution is 2.11. The molecule has 3 heterocycles. The predicted octanol–water partition coefficient (Wildman–Crippen LogP) is 6.46. The zero-order chi connectivity index (χ0) is 19.6. The zero-order valence-electron chi connectivity index (χ0n) is 17.0. The molecule has 0 bridgehead atoms. The fourth-order valence-electron chi connectivity index (χ4n) is 2.57. The molecule has 6 heteroatoms. The molecular formula is C24H42N6. The van der Waals surface area contributed by atoms with Gasteiger partial charge in [-0.2, -0.15) is 0 Å². The zero-order valence-corrected chi connectivity index (χ0v) is 17.0.